The van der Waals surface area contributed by atoms with Gasteiger partial charge in [0.1, 0.15) is 0 Å². The fraction of sp³-hybridized carbons (Fsp3) is 0.455. The molecule has 0 unspecified atom stereocenters. The van der Waals surface area contributed by atoms with Gasteiger partial charge >= 0.3 is 51.4 Å². The molecule has 2 rings (SSSR count). The Morgan fingerprint density at radius 1 is 1.26 bits per heavy atom. The molecule has 0 bridgehead atoms. The maximum Gasteiger partial charge on any atom is 1.00 e. The van der Waals surface area contributed by atoms with Crippen molar-refractivity contribution in [3.8, 4) is 11.5 Å². The van der Waals surface area contributed by atoms with E-state index in [0.717, 1.165) is 24.3 Å². The minimum atomic E-state index is -0.461. The molecule has 0 aliphatic heterocycles. The average molecular weight is 400 g/mol. The molecule has 0 N–H and O–H groups in total. The minimum absolute atomic E-state index is 0. The largest absolute Gasteiger partial charge is 1.00 e. The van der Waals surface area contributed by atoms with Crippen LogP contribution in [-0.4, -0.2) is 26.8 Å². The van der Waals surface area contributed by atoms with E-state index in [4.69, 9.17) is 9.47 Å². The minimum Gasteiger partial charge on any atom is -0.493 e. The van der Waals surface area contributed by atoms with Gasteiger partial charge in [0.15, 0.2) is 17.5 Å². The molecule has 27 heavy (non-hydrogen) atoms. The van der Waals surface area contributed by atoms with Gasteiger partial charge in [0.05, 0.1) is 20.8 Å². The molecule has 0 atom stereocenters. The van der Waals surface area contributed by atoms with E-state index < -0.39 is 5.97 Å². The summed E-state index contributed by atoms with van der Waals surface area (Å²) in [5.74, 6) is 1.10. The van der Waals surface area contributed by atoms with Crippen molar-refractivity contribution in [2.75, 3.05) is 20.8 Å². The maximum atomic E-state index is 9.71. The maximum absolute atomic E-state index is 9.71. The molecule has 5 heteroatoms. The smallest absolute Gasteiger partial charge is 0.493 e. The van der Waals surface area contributed by atoms with Crippen LogP contribution < -0.4 is 60.9 Å². The summed E-state index contributed by atoms with van der Waals surface area (Å²) < 4.78 is 14.4. The normalized spacial score (nSPS) is 13.6. The summed E-state index contributed by atoms with van der Waals surface area (Å²) in [5.41, 5.74) is 2.79. The Bertz CT molecular complexity index is 606. The van der Waals surface area contributed by atoms with Crippen LogP contribution in [0.5, 0.6) is 11.5 Å². The Labute approximate surface area is 207 Å². The number of allylic oxidation sites excluding steroid dienone is 3. The van der Waals surface area contributed by atoms with Gasteiger partial charge in [0, 0.05) is 0 Å². The van der Waals surface area contributed by atoms with Crippen LogP contribution >= 0.6 is 0 Å². The first-order chi connectivity index (χ1) is 12.1. The molecule has 146 valence electrons. The SMILES string of the molecule is C=C1C=[C-]CC(C)(C)C1.COc1ccc(C)cc1OC.[CH2-]C(=O)OCC.[K+]. The zero-order valence-electron chi connectivity index (χ0n) is 18.0. The fourth-order valence-corrected chi connectivity index (χ4v) is 2.30. The predicted octanol–water partition coefficient (Wildman–Crippen LogP) is 2.12. The molecule has 0 amide bonds. The van der Waals surface area contributed by atoms with E-state index in [-0.39, 0.29) is 51.4 Å². The third-order valence-electron chi connectivity index (χ3n) is 3.44. The Morgan fingerprint density at radius 2 is 1.85 bits per heavy atom. The topological polar surface area (TPSA) is 44.8 Å². The fourth-order valence-electron chi connectivity index (χ4n) is 2.30. The van der Waals surface area contributed by atoms with Gasteiger partial charge in [-0.05, 0) is 31.5 Å². The number of ether oxygens (including phenoxy) is 3. The van der Waals surface area contributed by atoms with Crippen LogP contribution in [0.1, 0.15) is 39.2 Å². The molecular formula is C22H32KO4-. The summed E-state index contributed by atoms with van der Waals surface area (Å²) in [6, 6.07) is 5.83. The molecule has 1 aromatic rings. The molecule has 0 fully saturated rings. The van der Waals surface area contributed by atoms with Crippen LogP contribution in [-0.2, 0) is 9.53 Å². The second-order valence-corrected chi connectivity index (χ2v) is 6.69. The van der Waals surface area contributed by atoms with E-state index in [9.17, 15) is 4.79 Å². The first kappa shape index (κ1) is 28.5. The van der Waals surface area contributed by atoms with Gasteiger partial charge in [-0.25, -0.2) is 11.6 Å². The summed E-state index contributed by atoms with van der Waals surface area (Å²) in [6.45, 7) is 15.5. The number of rotatable bonds is 3. The molecule has 0 saturated heterocycles. The first-order valence-corrected chi connectivity index (χ1v) is 8.57. The van der Waals surface area contributed by atoms with Crippen molar-refractivity contribution in [1.29, 1.82) is 0 Å². The monoisotopic (exact) mass is 399 g/mol. The molecule has 0 radical (unpaired) electrons. The Hall–Kier alpha value is -0.724. The molecule has 0 saturated carbocycles. The third-order valence-corrected chi connectivity index (χ3v) is 3.44. The molecule has 1 aliphatic carbocycles. The van der Waals surface area contributed by atoms with Crippen LogP contribution in [0.2, 0.25) is 0 Å². The second-order valence-electron chi connectivity index (χ2n) is 6.69. The number of hydrogen-bond donors (Lipinski definition) is 0. The summed E-state index contributed by atoms with van der Waals surface area (Å²) >= 11 is 0. The summed E-state index contributed by atoms with van der Waals surface area (Å²) in [6.07, 6.45) is 7.41. The summed E-state index contributed by atoms with van der Waals surface area (Å²) in [5, 5.41) is 0. The quantitative estimate of drug-likeness (QED) is 0.444. The molecule has 0 spiro atoms. The standard InChI is InChI=1S/C9H12O2.C9H13.C4H7O2.K/c1-7-4-5-8(10-2)9(6-7)11-3;1-8-5-4-6-9(2,3)7-8;1-3-6-4(2)5;/h4-6H,1-3H3;5H,1,6-7H2,2-3H3;2-3H2,1H3;/q;2*-1;+1. The molecule has 1 aliphatic rings. The Morgan fingerprint density at radius 3 is 2.19 bits per heavy atom. The van der Waals surface area contributed by atoms with Crippen molar-refractivity contribution >= 4 is 5.97 Å². The second kappa shape index (κ2) is 15.2. The van der Waals surface area contributed by atoms with Crippen molar-refractivity contribution in [2.24, 2.45) is 5.41 Å². The van der Waals surface area contributed by atoms with Gasteiger partial charge in [-0.2, -0.15) is 6.58 Å². The summed E-state index contributed by atoms with van der Waals surface area (Å²) in [4.78, 5) is 9.71. The van der Waals surface area contributed by atoms with Crippen LogP contribution in [0.15, 0.2) is 36.4 Å². The van der Waals surface area contributed by atoms with E-state index >= 15 is 0 Å². The van der Waals surface area contributed by atoms with Crippen LogP contribution in [0, 0.1) is 25.3 Å². The molecule has 0 heterocycles. The van der Waals surface area contributed by atoms with E-state index in [1.54, 1.807) is 21.1 Å². The van der Waals surface area contributed by atoms with Gasteiger partial charge in [0.25, 0.3) is 0 Å². The van der Waals surface area contributed by atoms with Crippen molar-refractivity contribution in [2.45, 2.75) is 40.5 Å². The number of benzene rings is 1. The number of aryl methyl sites for hydroxylation is 1. The van der Waals surface area contributed by atoms with Gasteiger partial charge in [-0.3, -0.25) is 17.8 Å². The van der Waals surface area contributed by atoms with E-state index in [0.29, 0.717) is 12.0 Å². The van der Waals surface area contributed by atoms with E-state index in [2.05, 4.69) is 38.2 Å². The number of methoxy groups -OCH3 is 2. The van der Waals surface area contributed by atoms with Crippen molar-refractivity contribution in [3.63, 3.8) is 0 Å². The Balaban J connectivity index is 0. The van der Waals surface area contributed by atoms with Crippen LogP contribution in [0.3, 0.4) is 0 Å². The molecule has 4 nitrogen and oxygen atoms in total. The van der Waals surface area contributed by atoms with E-state index in [1.165, 1.54) is 11.1 Å². The van der Waals surface area contributed by atoms with E-state index in [1.807, 2.05) is 31.2 Å². The zero-order valence-corrected chi connectivity index (χ0v) is 21.1. The number of carbonyl (C=O) groups excluding carboxylic acids is 1. The first-order valence-electron chi connectivity index (χ1n) is 8.57. The predicted molar refractivity (Wildman–Crippen MR) is 106 cm³/mol. The van der Waals surface area contributed by atoms with Crippen molar-refractivity contribution < 1.29 is 70.4 Å². The van der Waals surface area contributed by atoms with Gasteiger partial charge in [0.2, 0.25) is 0 Å². The number of hydrogen-bond acceptors (Lipinski definition) is 4. The third kappa shape index (κ3) is 14.0. The number of carbonyl (C=O) groups is 1. The van der Waals surface area contributed by atoms with Crippen molar-refractivity contribution in [1.82, 2.24) is 0 Å². The zero-order chi connectivity index (χ0) is 20.2. The average Bonchev–Trinajstić information content (AvgIpc) is 2.54. The molecule has 0 aromatic heterocycles. The van der Waals surface area contributed by atoms with Crippen molar-refractivity contribution in [3.05, 3.63) is 55.0 Å². The Kier molecular flexibility index (Phi) is 16.1. The molecular weight excluding hydrogens is 367 g/mol. The van der Waals surface area contributed by atoms with Crippen LogP contribution in [0.4, 0.5) is 0 Å². The number of esters is 1. The van der Waals surface area contributed by atoms with Crippen LogP contribution in [0.25, 0.3) is 0 Å². The summed E-state index contributed by atoms with van der Waals surface area (Å²) in [7, 11) is 3.27. The molecule has 1 aromatic carbocycles. The van der Waals surface area contributed by atoms with Gasteiger partial charge in [-0.15, -0.1) is 6.42 Å². The van der Waals surface area contributed by atoms with Gasteiger partial charge < -0.3 is 14.2 Å². The van der Waals surface area contributed by atoms with Gasteiger partial charge in [-0.1, -0.05) is 31.7 Å².